The quantitative estimate of drug-likeness (QED) is 0.354. The van der Waals surface area contributed by atoms with E-state index < -0.39 is 26.7 Å². The van der Waals surface area contributed by atoms with Crippen molar-refractivity contribution in [3.05, 3.63) is 41.5 Å². The van der Waals surface area contributed by atoms with Crippen LogP contribution in [0.5, 0.6) is 5.75 Å². The van der Waals surface area contributed by atoms with Gasteiger partial charge in [-0.25, -0.2) is 0 Å². The minimum Gasteiger partial charge on any atom is -0.506 e. The number of hydrogen-bond donors (Lipinski definition) is 4. The van der Waals surface area contributed by atoms with Crippen molar-refractivity contribution in [2.45, 2.75) is 11.8 Å². The lowest BCUT2D eigenvalue weighted by Gasteiger charge is -2.17. The highest BCUT2D eigenvalue weighted by molar-refractivity contribution is 7.86. The van der Waals surface area contributed by atoms with Gasteiger partial charge < -0.3 is 10.4 Å². The lowest BCUT2D eigenvalue weighted by atomic mass is 10.0. The van der Waals surface area contributed by atoms with Crippen molar-refractivity contribution >= 4 is 38.2 Å². The van der Waals surface area contributed by atoms with Crippen molar-refractivity contribution < 1.29 is 22.9 Å². The number of hydrazone groups is 1. The van der Waals surface area contributed by atoms with Crippen LogP contribution in [-0.4, -0.2) is 36.2 Å². The van der Waals surface area contributed by atoms with E-state index in [4.69, 9.17) is 5.26 Å². The molecule has 0 spiro atoms. The molecule has 0 aromatic heterocycles. The van der Waals surface area contributed by atoms with E-state index in [2.05, 4.69) is 15.8 Å². The van der Waals surface area contributed by atoms with Crippen LogP contribution >= 0.6 is 0 Å². The Balaban J connectivity index is 2.16. The first-order chi connectivity index (χ1) is 12.7. The van der Waals surface area contributed by atoms with Crippen molar-refractivity contribution in [2.24, 2.45) is 5.10 Å². The first-order valence-electron chi connectivity index (χ1n) is 7.68. The molecule has 1 amide bonds. The van der Waals surface area contributed by atoms with Crippen LogP contribution in [-0.2, 0) is 14.9 Å². The number of fused-ring (bicyclic) bond motifs is 1. The molecule has 0 unspecified atom stereocenters. The number of rotatable bonds is 3. The molecule has 9 nitrogen and oxygen atoms in total. The van der Waals surface area contributed by atoms with Crippen LogP contribution in [0.25, 0.3) is 10.8 Å². The summed E-state index contributed by atoms with van der Waals surface area (Å²) in [4.78, 5) is 11.6. The molecule has 10 heteroatoms. The zero-order valence-electron chi connectivity index (χ0n) is 14.0. The van der Waals surface area contributed by atoms with Gasteiger partial charge in [0, 0.05) is 16.8 Å². The van der Waals surface area contributed by atoms with E-state index in [-0.39, 0.29) is 28.7 Å². The molecular formula is C17H14N4O5S. The van der Waals surface area contributed by atoms with Crippen molar-refractivity contribution in [1.29, 1.82) is 5.26 Å². The van der Waals surface area contributed by atoms with Gasteiger partial charge in [0.25, 0.3) is 16.0 Å². The van der Waals surface area contributed by atoms with Gasteiger partial charge in [0.05, 0.1) is 18.2 Å². The van der Waals surface area contributed by atoms with Crippen molar-refractivity contribution in [1.82, 2.24) is 5.32 Å². The molecule has 2 aromatic carbocycles. The highest BCUT2D eigenvalue weighted by Crippen LogP contribution is 2.37. The van der Waals surface area contributed by atoms with Crippen LogP contribution < -0.4 is 10.7 Å². The summed E-state index contributed by atoms with van der Waals surface area (Å²) in [5.41, 5.74) is 3.34. The average molecular weight is 386 g/mol. The SMILES string of the molecule is CC1=C(C#N)CNC(=O)/C1=N\Nc1c(O)cc(S(=O)(=O)O)c2ccccc12. The Bertz CT molecular complexity index is 1180. The first kappa shape index (κ1) is 18.4. The molecule has 138 valence electrons. The van der Waals surface area contributed by atoms with E-state index in [9.17, 15) is 22.9 Å². The summed E-state index contributed by atoms with van der Waals surface area (Å²) in [6, 6.07) is 9.04. The maximum atomic E-state index is 12.0. The van der Waals surface area contributed by atoms with Crippen LogP contribution in [0.3, 0.4) is 0 Å². The van der Waals surface area contributed by atoms with Gasteiger partial charge in [-0.3, -0.25) is 14.8 Å². The molecule has 1 heterocycles. The number of benzene rings is 2. The second kappa shape index (κ2) is 6.71. The van der Waals surface area contributed by atoms with Gasteiger partial charge >= 0.3 is 0 Å². The summed E-state index contributed by atoms with van der Waals surface area (Å²) < 4.78 is 32.5. The number of amides is 1. The normalized spacial score (nSPS) is 16.3. The second-order valence-electron chi connectivity index (χ2n) is 5.76. The third kappa shape index (κ3) is 3.33. The van der Waals surface area contributed by atoms with Gasteiger partial charge in [-0.05, 0) is 12.5 Å². The van der Waals surface area contributed by atoms with Gasteiger partial charge in [0.1, 0.15) is 16.3 Å². The van der Waals surface area contributed by atoms with Crippen LogP contribution in [0.1, 0.15) is 6.92 Å². The number of carbonyl (C=O) groups excluding carboxylic acids is 1. The number of phenolic OH excluding ortho intramolecular Hbond substituents is 1. The molecular weight excluding hydrogens is 372 g/mol. The van der Waals surface area contributed by atoms with Crippen molar-refractivity contribution in [3.8, 4) is 11.8 Å². The first-order valence-corrected chi connectivity index (χ1v) is 9.12. The predicted molar refractivity (Wildman–Crippen MR) is 97.8 cm³/mol. The Morgan fingerprint density at radius 3 is 2.59 bits per heavy atom. The largest absolute Gasteiger partial charge is 0.506 e. The Labute approximate surface area is 154 Å². The average Bonchev–Trinajstić information content (AvgIpc) is 2.62. The summed E-state index contributed by atoms with van der Waals surface area (Å²) in [7, 11) is -4.56. The van der Waals surface area contributed by atoms with Crippen molar-refractivity contribution in [2.75, 3.05) is 12.0 Å². The van der Waals surface area contributed by atoms with Crippen LogP contribution in [0.2, 0.25) is 0 Å². The Kier molecular flexibility index (Phi) is 4.57. The third-order valence-electron chi connectivity index (χ3n) is 4.13. The van der Waals surface area contributed by atoms with Crippen molar-refractivity contribution in [3.63, 3.8) is 0 Å². The summed E-state index contributed by atoms with van der Waals surface area (Å²) in [5, 5.41) is 26.3. The number of anilines is 1. The monoisotopic (exact) mass is 386 g/mol. The topological polar surface area (TPSA) is 152 Å². The molecule has 4 N–H and O–H groups in total. The fraction of sp³-hybridized carbons (Fsp3) is 0.118. The highest BCUT2D eigenvalue weighted by Gasteiger charge is 2.24. The van der Waals surface area contributed by atoms with E-state index in [1.54, 1.807) is 19.1 Å². The molecule has 3 rings (SSSR count). The minimum absolute atomic E-state index is 0.0277. The molecule has 0 bridgehead atoms. The highest BCUT2D eigenvalue weighted by atomic mass is 32.2. The fourth-order valence-electron chi connectivity index (χ4n) is 2.73. The van der Waals surface area contributed by atoms with E-state index in [0.29, 0.717) is 11.1 Å². The predicted octanol–water partition coefficient (Wildman–Crippen LogP) is 1.53. The van der Waals surface area contributed by atoms with Crippen LogP contribution in [0.15, 0.2) is 51.5 Å². The Hall–Kier alpha value is -3.42. The van der Waals surface area contributed by atoms with Gasteiger partial charge in [0.2, 0.25) is 0 Å². The van der Waals surface area contributed by atoms with E-state index >= 15 is 0 Å². The summed E-state index contributed by atoms with van der Waals surface area (Å²) in [6.45, 7) is 1.69. The molecule has 1 aliphatic rings. The van der Waals surface area contributed by atoms with Crippen LogP contribution in [0.4, 0.5) is 5.69 Å². The maximum Gasteiger partial charge on any atom is 0.295 e. The number of nitriles is 1. The van der Waals surface area contributed by atoms with Gasteiger partial charge in [-0.1, -0.05) is 24.3 Å². The van der Waals surface area contributed by atoms with E-state index in [1.165, 1.54) is 12.1 Å². The number of nitrogens with zero attached hydrogens (tertiary/aromatic N) is 2. The number of nitrogens with one attached hydrogen (secondary N) is 2. The molecule has 0 aliphatic carbocycles. The number of hydrogen-bond acceptors (Lipinski definition) is 7. The molecule has 0 radical (unpaired) electrons. The minimum atomic E-state index is -4.56. The Morgan fingerprint density at radius 1 is 1.30 bits per heavy atom. The van der Waals surface area contributed by atoms with Gasteiger partial charge in [-0.2, -0.15) is 18.8 Å². The van der Waals surface area contributed by atoms with E-state index in [1.807, 2.05) is 6.07 Å². The Morgan fingerprint density at radius 2 is 1.96 bits per heavy atom. The number of aromatic hydroxyl groups is 1. The van der Waals surface area contributed by atoms with Gasteiger partial charge in [-0.15, -0.1) is 0 Å². The molecule has 0 saturated heterocycles. The van der Waals surface area contributed by atoms with Crippen LogP contribution in [0, 0.1) is 11.3 Å². The zero-order valence-corrected chi connectivity index (χ0v) is 14.8. The fourth-order valence-corrected chi connectivity index (χ4v) is 3.44. The molecule has 2 aromatic rings. The molecule has 0 atom stereocenters. The third-order valence-corrected chi connectivity index (χ3v) is 5.02. The summed E-state index contributed by atoms with van der Waals surface area (Å²) in [6.07, 6.45) is 0. The smallest absolute Gasteiger partial charge is 0.295 e. The summed E-state index contributed by atoms with van der Waals surface area (Å²) in [5.74, 6) is -0.971. The van der Waals surface area contributed by atoms with E-state index in [0.717, 1.165) is 6.07 Å². The molecule has 0 saturated carbocycles. The zero-order chi connectivity index (χ0) is 19.8. The lowest BCUT2D eigenvalue weighted by Crippen LogP contribution is -2.38. The molecule has 27 heavy (non-hydrogen) atoms. The summed E-state index contributed by atoms with van der Waals surface area (Å²) >= 11 is 0. The molecule has 1 aliphatic heterocycles. The van der Waals surface area contributed by atoms with Gasteiger partial charge in [0.15, 0.2) is 5.71 Å². The second-order valence-corrected chi connectivity index (χ2v) is 7.15. The number of phenols is 1. The number of carbonyl (C=O) groups is 1. The lowest BCUT2D eigenvalue weighted by molar-refractivity contribution is -0.114. The molecule has 0 fully saturated rings. The maximum absolute atomic E-state index is 12.0. The standard InChI is InChI=1S/C17H14N4O5S/c1-9-10(7-18)8-19-17(23)15(9)20-21-16-12-5-3-2-4-11(12)14(6-13(16)22)27(24,25)26/h2-6,21-22H,8H2,1H3,(H,19,23)(H,24,25,26)/b20-15-.